The third-order valence-corrected chi connectivity index (χ3v) is 1.49. The van der Waals surface area contributed by atoms with Crippen molar-refractivity contribution in [3.05, 3.63) is 11.6 Å². The van der Waals surface area contributed by atoms with E-state index < -0.39 is 0 Å². The quantitative estimate of drug-likeness (QED) is 0.433. The number of rotatable bonds is 0. The van der Waals surface area contributed by atoms with Crippen molar-refractivity contribution in [1.82, 2.24) is 0 Å². The Morgan fingerprint density at radius 3 is 2.75 bits per heavy atom. The van der Waals surface area contributed by atoms with E-state index in [1.165, 1.54) is 5.57 Å². The maximum atomic E-state index is 8.16. The standard InChI is InChI=1S/C7H9N/c1-6-4-7(5-6)2-3-8/h2,6H,4-5H2,1H3. The van der Waals surface area contributed by atoms with E-state index in [0.717, 1.165) is 18.8 Å². The summed E-state index contributed by atoms with van der Waals surface area (Å²) in [6, 6.07) is 2.03. The number of allylic oxidation sites excluding steroid dienone is 2. The molecular weight excluding hydrogens is 98.1 g/mol. The first-order valence-electron chi connectivity index (χ1n) is 2.90. The van der Waals surface area contributed by atoms with Crippen molar-refractivity contribution in [3.8, 4) is 6.07 Å². The Bertz CT molecular complexity index is 142. The molecular formula is C7H9N. The predicted molar refractivity (Wildman–Crippen MR) is 32.1 cm³/mol. The molecule has 0 aromatic carbocycles. The molecule has 0 aromatic heterocycles. The summed E-state index contributed by atoms with van der Waals surface area (Å²) in [7, 11) is 0. The van der Waals surface area contributed by atoms with Gasteiger partial charge in [0.1, 0.15) is 0 Å². The van der Waals surface area contributed by atoms with Gasteiger partial charge in [-0.25, -0.2) is 0 Å². The maximum absolute atomic E-state index is 8.16. The molecule has 0 heterocycles. The molecule has 1 aliphatic carbocycles. The summed E-state index contributed by atoms with van der Waals surface area (Å²) in [6.45, 7) is 2.20. The van der Waals surface area contributed by atoms with Crippen molar-refractivity contribution in [1.29, 1.82) is 5.26 Å². The fourth-order valence-electron chi connectivity index (χ4n) is 1.04. The Labute approximate surface area is 49.6 Å². The van der Waals surface area contributed by atoms with E-state index in [0.29, 0.717) is 0 Å². The molecule has 0 saturated heterocycles. The second-order valence-corrected chi connectivity index (χ2v) is 2.45. The molecule has 0 unspecified atom stereocenters. The lowest BCUT2D eigenvalue weighted by Gasteiger charge is -2.23. The van der Waals surface area contributed by atoms with Crippen LogP contribution >= 0.6 is 0 Å². The van der Waals surface area contributed by atoms with Gasteiger partial charge in [0.25, 0.3) is 0 Å². The van der Waals surface area contributed by atoms with E-state index >= 15 is 0 Å². The first kappa shape index (κ1) is 5.37. The molecule has 1 nitrogen and oxygen atoms in total. The minimum atomic E-state index is 0.828. The van der Waals surface area contributed by atoms with Gasteiger partial charge in [0.2, 0.25) is 0 Å². The average Bonchev–Trinajstić information content (AvgIpc) is 1.64. The molecule has 1 fully saturated rings. The van der Waals surface area contributed by atoms with Crippen LogP contribution in [-0.4, -0.2) is 0 Å². The van der Waals surface area contributed by atoms with Gasteiger partial charge in [0, 0.05) is 6.08 Å². The van der Waals surface area contributed by atoms with Crippen LogP contribution in [0.5, 0.6) is 0 Å². The molecule has 0 amide bonds. The number of hydrogen-bond acceptors (Lipinski definition) is 1. The lowest BCUT2D eigenvalue weighted by atomic mass is 9.82. The van der Waals surface area contributed by atoms with Gasteiger partial charge in [-0.1, -0.05) is 12.5 Å². The molecule has 0 N–H and O–H groups in total. The van der Waals surface area contributed by atoms with Crippen LogP contribution in [0.15, 0.2) is 11.6 Å². The molecule has 1 saturated carbocycles. The molecule has 0 spiro atoms. The smallest absolute Gasteiger partial charge is 0.0911 e. The van der Waals surface area contributed by atoms with Crippen LogP contribution in [0.25, 0.3) is 0 Å². The minimum absolute atomic E-state index is 0.828. The summed E-state index contributed by atoms with van der Waals surface area (Å²) in [5, 5.41) is 8.16. The van der Waals surface area contributed by atoms with Gasteiger partial charge < -0.3 is 0 Å². The summed E-state index contributed by atoms with van der Waals surface area (Å²) >= 11 is 0. The van der Waals surface area contributed by atoms with E-state index in [-0.39, 0.29) is 0 Å². The van der Waals surface area contributed by atoms with Gasteiger partial charge in [-0.2, -0.15) is 5.26 Å². The highest BCUT2D eigenvalue weighted by Crippen LogP contribution is 2.31. The van der Waals surface area contributed by atoms with Crippen molar-refractivity contribution in [3.63, 3.8) is 0 Å². The monoisotopic (exact) mass is 107 g/mol. The fraction of sp³-hybridized carbons (Fsp3) is 0.571. The van der Waals surface area contributed by atoms with E-state index in [9.17, 15) is 0 Å². The summed E-state index contributed by atoms with van der Waals surface area (Å²) < 4.78 is 0. The first-order chi connectivity index (χ1) is 3.83. The van der Waals surface area contributed by atoms with Crippen LogP contribution in [0.4, 0.5) is 0 Å². The van der Waals surface area contributed by atoms with Gasteiger partial charge >= 0.3 is 0 Å². The molecule has 0 atom stereocenters. The Kier molecular flexibility index (Phi) is 1.34. The molecule has 1 heteroatoms. The number of nitrogens with zero attached hydrogens (tertiary/aromatic N) is 1. The highest BCUT2D eigenvalue weighted by atomic mass is 14.3. The minimum Gasteiger partial charge on any atom is -0.193 e. The van der Waals surface area contributed by atoms with Gasteiger partial charge in [0.15, 0.2) is 0 Å². The lowest BCUT2D eigenvalue weighted by Crippen LogP contribution is -2.09. The Morgan fingerprint density at radius 2 is 2.38 bits per heavy atom. The first-order valence-corrected chi connectivity index (χ1v) is 2.90. The topological polar surface area (TPSA) is 23.8 Å². The zero-order valence-electron chi connectivity index (χ0n) is 5.02. The van der Waals surface area contributed by atoms with E-state index in [4.69, 9.17) is 5.26 Å². The Morgan fingerprint density at radius 1 is 1.75 bits per heavy atom. The van der Waals surface area contributed by atoms with Crippen LogP contribution < -0.4 is 0 Å². The summed E-state index contributed by atoms with van der Waals surface area (Å²) in [5.74, 6) is 0.828. The largest absolute Gasteiger partial charge is 0.193 e. The summed E-state index contributed by atoms with van der Waals surface area (Å²) in [6.07, 6.45) is 3.96. The van der Waals surface area contributed by atoms with Crippen LogP contribution in [0.1, 0.15) is 19.8 Å². The molecule has 8 heavy (non-hydrogen) atoms. The lowest BCUT2D eigenvalue weighted by molar-refractivity contribution is 0.460. The van der Waals surface area contributed by atoms with Gasteiger partial charge in [-0.3, -0.25) is 0 Å². The van der Waals surface area contributed by atoms with Gasteiger partial charge in [0.05, 0.1) is 6.07 Å². The molecule has 0 radical (unpaired) electrons. The molecule has 0 bridgehead atoms. The molecule has 0 aromatic rings. The van der Waals surface area contributed by atoms with Crippen molar-refractivity contribution >= 4 is 0 Å². The normalized spacial score (nSPS) is 26.0. The SMILES string of the molecule is CC1CC(=CC#N)C1. The Hall–Kier alpha value is -0.770. The van der Waals surface area contributed by atoms with Crippen molar-refractivity contribution in [2.45, 2.75) is 19.8 Å². The van der Waals surface area contributed by atoms with E-state index in [1.807, 2.05) is 6.07 Å². The molecule has 1 rings (SSSR count). The van der Waals surface area contributed by atoms with Gasteiger partial charge in [-0.05, 0) is 18.8 Å². The van der Waals surface area contributed by atoms with Gasteiger partial charge in [-0.15, -0.1) is 0 Å². The van der Waals surface area contributed by atoms with Crippen LogP contribution in [-0.2, 0) is 0 Å². The van der Waals surface area contributed by atoms with E-state index in [1.54, 1.807) is 6.08 Å². The van der Waals surface area contributed by atoms with E-state index in [2.05, 4.69) is 6.92 Å². The van der Waals surface area contributed by atoms with Crippen molar-refractivity contribution in [2.75, 3.05) is 0 Å². The fourth-order valence-corrected chi connectivity index (χ4v) is 1.04. The zero-order valence-corrected chi connectivity index (χ0v) is 5.02. The number of hydrogen-bond donors (Lipinski definition) is 0. The van der Waals surface area contributed by atoms with Crippen molar-refractivity contribution < 1.29 is 0 Å². The summed E-state index contributed by atoms with van der Waals surface area (Å²) in [5.41, 5.74) is 1.32. The third kappa shape index (κ3) is 0.894. The Balaban J connectivity index is 2.37. The average molecular weight is 107 g/mol. The van der Waals surface area contributed by atoms with Crippen LogP contribution in [0.2, 0.25) is 0 Å². The summed E-state index contributed by atoms with van der Waals surface area (Å²) in [4.78, 5) is 0. The molecule has 42 valence electrons. The second kappa shape index (κ2) is 2.00. The molecule has 1 aliphatic rings. The second-order valence-electron chi connectivity index (χ2n) is 2.45. The third-order valence-electron chi connectivity index (χ3n) is 1.49. The highest BCUT2D eigenvalue weighted by molar-refractivity contribution is 5.19. The van der Waals surface area contributed by atoms with Crippen LogP contribution in [0, 0.1) is 17.2 Å². The van der Waals surface area contributed by atoms with Crippen LogP contribution in [0.3, 0.4) is 0 Å². The molecule has 0 aliphatic heterocycles. The zero-order chi connectivity index (χ0) is 5.98. The maximum Gasteiger partial charge on any atom is 0.0911 e. The van der Waals surface area contributed by atoms with Crippen molar-refractivity contribution in [2.24, 2.45) is 5.92 Å². The number of nitriles is 1. The predicted octanol–water partition coefficient (Wildman–Crippen LogP) is 1.87. The highest BCUT2D eigenvalue weighted by Gasteiger charge is 2.16.